The highest BCUT2D eigenvalue weighted by molar-refractivity contribution is 6.09. The number of hydrogen-bond donors (Lipinski definition) is 3. The lowest BCUT2D eigenvalue weighted by Crippen LogP contribution is -2.17. The van der Waals surface area contributed by atoms with Crippen molar-refractivity contribution in [2.75, 3.05) is 18.5 Å². The maximum Gasteiger partial charge on any atom is 0.345 e. The molecule has 0 saturated carbocycles. The molecule has 7 heteroatoms. The van der Waals surface area contributed by atoms with Crippen molar-refractivity contribution in [1.29, 1.82) is 5.41 Å². The minimum Gasteiger partial charge on any atom is -0.507 e. The van der Waals surface area contributed by atoms with Crippen LogP contribution >= 0.6 is 0 Å². The number of aromatic nitrogens is 1. The summed E-state index contributed by atoms with van der Waals surface area (Å²) < 4.78 is 10.5. The third kappa shape index (κ3) is 4.88. The summed E-state index contributed by atoms with van der Waals surface area (Å²) in [6, 6.07) is 9.02. The molecule has 0 bridgehead atoms. The molecule has 0 unspecified atom stereocenters. The van der Waals surface area contributed by atoms with Gasteiger partial charge in [0, 0.05) is 11.8 Å². The van der Waals surface area contributed by atoms with Crippen molar-refractivity contribution in [1.82, 2.24) is 4.98 Å². The predicted octanol–water partition coefficient (Wildman–Crippen LogP) is 3.94. The van der Waals surface area contributed by atoms with Gasteiger partial charge < -0.3 is 25.3 Å². The summed E-state index contributed by atoms with van der Waals surface area (Å²) in [5.74, 6) is 0.00693. The number of nitrogens with zero attached hydrogens (tertiary/aromatic N) is 1. The number of aromatic hydroxyl groups is 1. The number of carbonyl (C=O) groups is 1. The van der Waals surface area contributed by atoms with E-state index in [-0.39, 0.29) is 30.4 Å². The van der Waals surface area contributed by atoms with Gasteiger partial charge in [0.05, 0.1) is 18.9 Å². The summed E-state index contributed by atoms with van der Waals surface area (Å²) in [5.41, 5.74) is 2.91. The number of phenols is 1. The van der Waals surface area contributed by atoms with E-state index in [4.69, 9.17) is 14.9 Å². The van der Waals surface area contributed by atoms with Crippen molar-refractivity contribution in [2.24, 2.45) is 0 Å². The number of ether oxygens (including phenoxy) is 2. The van der Waals surface area contributed by atoms with Crippen LogP contribution in [-0.2, 0) is 14.3 Å². The average molecular weight is 383 g/mol. The first-order chi connectivity index (χ1) is 13.4. The molecule has 28 heavy (non-hydrogen) atoms. The van der Waals surface area contributed by atoms with Gasteiger partial charge in [-0.05, 0) is 57.0 Å². The van der Waals surface area contributed by atoms with Gasteiger partial charge in [-0.2, -0.15) is 0 Å². The number of esters is 1. The molecule has 2 aromatic rings. The fourth-order valence-electron chi connectivity index (χ4n) is 2.68. The number of phenolic OH excluding ortho intramolecular Hbond substituents is 1. The molecule has 3 N–H and O–H groups in total. The summed E-state index contributed by atoms with van der Waals surface area (Å²) in [6.07, 6.45) is 0.885. The van der Waals surface area contributed by atoms with E-state index in [1.165, 1.54) is 0 Å². The Bertz CT molecular complexity index is 907. The molecule has 2 rings (SSSR count). The van der Waals surface area contributed by atoms with E-state index in [0.29, 0.717) is 17.1 Å². The third-order valence-electron chi connectivity index (χ3n) is 3.88. The number of hydrogen-bond acceptors (Lipinski definition) is 7. The van der Waals surface area contributed by atoms with Gasteiger partial charge >= 0.3 is 5.97 Å². The Morgan fingerprint density at radius 3 is 2.57 bits per heavy atom. The zero-order chi connectivity index (χ0) is 20.7. The van der Waals surface area contributed by atoms with Gasteiger partial charge in [0.15, 0.2) is 0 Å². The Hall–Kier alpha value is -3.35. The number of pyridine rings is 1. The fourth-order valence-corrected chi connectivity index (χ4v) is 2.68. The smallest absolute Gasteiger partial charge is 0.345 e. The summed E-state index contributed by atoms with van der Waals surface area (Å²) in [5, 5.41) is 20.9. The monoisotopic (exact) mass is 383 g/mol. The lowest BCUT2D eigenvalue weighted by molar-refractivity contribution is -0.138. The summed E-state index contributed by atoms with van der Waals surface area (Å²) in [7, 11) is 0. The molecule has 0 aliphatic carbocycles. The second kappa shape index (κ2) is 9.55. The highest BCUT2D eigenvalue weighted by Crippen LogP contribution is 2.32. The fraction of sp³-hybridized carbons (Fsp3) is 0.286. The number of aryl methyl sites for hydroxylation is 2. The molecule has 0 radical (unpaired) electrons. The van der Waals surface area contributed by atoms with Gasteiger partial charge in [0.25, 0.3) is 0 Å². The number of rotatable bonds is 8. The first-order valence-corrected chi connectivity index (χ1v) is 9.00. The molecule has 7 nitrogen and oxygen atoms in total. The van der Waals surface area contributed by atoms with Gasteiger partial charge in [0.1, 0.15) is 17.1 Å². The maximum absolute atomic E-state index is 12.1. The van der Waals surface area contributed by atoms with E-state index in [2.05, 4.69) is 10.3 Å². The van der Waals surface area contributed by atoms with Crippen LogP contribution in [0, 0.1) is 19.3 Å². The topological polar surface area (TPSA) is 105 Å². The van der Waals surface area contributed by atoms with E-state index in [0.717, 1.165) is 17.3 Å². The molecule has 0 spiro atoms. The second-order valence-electron chi connectivity index (χ2n) is 6.05. The Kier molecular flexibility index (Phi) is 7.14. The first-order valence-electron chi connectivity index (χ1n) is 9.00. The van der Waals surface area contributed by atoms with Crippen LogP contribution in [0.3, 0.4) is 0 Å². The molecule has 0 aliphatic heterocycles. The van der Waals surface area contributed by atoms with E-state index >= 15 is 0 Å². The zero-order valence-corrected chi connectivity index (χ0v) is 16.5. The van der Waals surface area contributed by atoms with Crippen LogP contribution in [0.25, 0.3) is 11.3 Å². The molecule has 0 fully saturated rings. The third-order valence-corrected chi connectivity index (χ3v) is 3.88. The van der Waals surface area contributed by atoms with Crippen molar-refractivity contribution in [3.8, 4) is 17.0 Å². The molecule has 0 aliphatic rings. The maximum atomic E-state index is 12.1. The van der Waals surface area contributed by atoms with Gasteiger partial charge in [-0.3, -0.25) is 0 Å². The number of carbonyl (C=O) groups excluding carboxylic acids is 1. The van der Waals surface area contributed by atoms with E-state index in [1.54, 1.807) is 32.0 Å². The standard InChI is InChI=1S/C21H25N3O4/c1-5-27-20(16(12-22)21(26)28-6-2)24-18-9-7-8-17(23-18)15-11-13(3)10-14(4)19(15)25/h7-12,22,25H,5-6H2,1-4H3,(H,23,24)/b20-16-,22-12?. The molecule has 1 aromatic carbocycles. The Morgan fingerprint density at radius 2 is 1.93 bits per heavy atom. The lowest BCUT2D eigenvalue weighted by atomic mass is 10.0. The SMILES string of the molecule is CCOC(=O)/C(C=N)=C(/Nc1cccc(-c2cc(C)cc(C)c2O)n1)OCC. The largest absolute Gasteiger partial charge is 0.507 e. The van der Waals surface area contributed by atoms with E-state index < -0.39 is 5.97 Å². The van der Waals surface area contributed by atoms with Gasteiger partial charge in [-0.15, -0.1) is 0 Å². The number of anilines is 1. The quantitative estimate of drug-likeness (QED) is 0.276. The van der Waals surface area contributed by atoms with Crippen LogP contribution in [0.2, 0.25) is 0 Å². The summed E-state index contributed by atoms with van der Waals surface area (Å²) >= 11 is 0. The zero-order valence-electron chi connectivity index (χ0n) is 16.5. The second-order valence-corrected chi connectivity index (χ2v) is 6.05. The number of benzene rings is 1. The normalized spacial score (nSPS) is 11.4. The first kappa shape index (κ1) is 21.0. The van der Waals surface area contributed by atoms with Crippen LogP contribution in [0.15, 0.2) is 41.8 Å². The van der Waals surface area contributed by atoms with E-state index in [1.807, 2.05) is 26.0 Å². The Morgan fingerprint density at radius 1 is 1.21 bits per heavy atom. The molecule has 148 valence electrons. The Labute approximate surface area is 164 Å². The lowest BCUT2D eigenvalue weighted by Gasteiger charge is -2.15. The van der Waals surface area contributed by atoms with Crippen molar-refractivity contribution < 1.29 is 19.4 Å². The molecule has 1 heterocycles. The van der Waals surface area contributed by atoms with Gasteiger partial charge in [-0.1, -0.05) is 12.1 Å². The van der Waals surface area contributed by atoms with Crippen molar-refractivity contribution in [3.05, 3.63) is 52.9 Å². The predicted molar refractivity (Wildman–Crippen MR) is 109 cm³/mol. The molecule has 0 amide bonds. The van der Waals surface area contributed by atoms with Crippen LogP contribution in [-0.4, -0.2) is 35.5 Å². The van der Waals surface area contributed by atoms with Gasteiger partial charge in [0.2, 0.25) is 5.88 Å². The van der Waals surface area contributed by atoms with E-state index in [9.17, 15) is 9.90 Å². The average Bonchev–Trinajstić information content (AvgIpc) is 2.66. The summed E-state index contributed by atoms with van der Waals surface area (Å²) in [6.45, 7) is 7.72. The Balaban J connectivity index is 2.45. The van der Waals surface area contributed by atoms with Crippen molar-refractivity contribution in [2.45, 2.75) is 27.7 Å². The van der Waals surface area contributed by atoms with Crippen LogP contribution in [0.1, 0.15) is 25.0 Å². The molecule has 0 saturated heterocycles. The molecule has 0 atom stereocenters. The highest BCUT2D eigenvalue weighted by atomic mass is 16.5. The minimum atomic E-state index is -0.656. The molecular weight excluding hydrogens is 358 g/mol. The van der Waals surface area contributed by atoms with Crippen molar-refractivity contribution in [3.63, 3.8) is 0 Å². The van der Waals surface area contributed by atoms with Crippen LogP contribution in [0.5, 0.6) is 5.75 Å². The van der Waals surface area contributed by atoms with Crippen molar-refractivity contribution >= 4 is 18.0 Å². The number of nitrogens with one attached hydrogen (secondary N) is 2. The highest BCUT2D eigenvalue weighted by Gasteiger charge is 2.17. The van der Waals surface area contributed by atoms with Crippen LogP contribution in [0.4, 0.5) is 5.82 Å². The van der Waals surface area contributed by atoms with Gasteiger partial charge in [-0.25, -0.2) is 9.78 Å². The molecule has 1 aromatic heterocycles. The minimum absolute atomic E-state index is 0.0369. The summed E-state index contributed by atoms with van der Waals surface area (Å²) in [4.78, 5) is 16.6. The van der Waals surface area contributed by atoms with Crippen LogP contribution < -0.4 is 5.32 Å². The molecular formula is C21H25N3O4.